The van der Waals surface area contributed by atoms with Gasteiger partial charge in [0, 0.05) is 19.1 Å². The molecule has 6 heteroatoms. The predicted octanol–water partition coefficient (Wildman–Crippen LogP) is 0.136. The van der Waals surface area contributed by atoms with Gasteiger partial charge in [-0.2, -0.15) is 9.57 Å². The number of fused-ring (bicyclic) bond motifs is 1. The molecule has 94 valence electrons. The molecule has 1 aliphatic carbocycles. The quantitative estimate of drug-likeness (QED) is 0.822. The highest BCUT2D eigenvalue weighted by molar-refractivity contribution is 7.89. The van der Waals surface area contributed by atoms with Gasteiger partial charge in [-0.05, 0) is 36.1 Å². The van der Waals surface area contributed by atoms with Gasteiger partial charge >= 0.3 is 0 Å². The Morgan fingerprint density at radius 3 is 2.28 bits per heavy atom. The Morgan fingerprint density at radius 2 is 1.78 bits per heavy atom. The molecule has 5 nitrogen and oxygen atoms in total. The number of rotatable bonds is 2. The summed E-state index contributed by atoms with van der Waals surface area (Å²) in [5.74, 6) is 0.663. The van der Waals surface area contributed by atoms with Crippen molar-refractivity contribution in [1.82, 2.24) is 4.31 Å². The van der Waals surface area contributed by atoms with E-state index in [2.05, 4.69) is 0 Å². The van der Waals surface area contributed by atoms with E-state index >= 15 is 0 Å². The Labute approximate surface area is 106 Å². The fourth-order valence-corrected chi connectivity index (χ4v) is 4.10. The monoisotopic (exact) mass is 263 g/mol. The van der Waals surface area contributed by atoms with Crippen molar-refractivity contribution in [2.45, 2.75) is 10.9 Å². The topological polar surface area (TPSA) is 87.2 Å². The van der Waals surface area contributed by atoms with Crippen LogP contribution in [-0.2, 0) is 10.0 Å². The van der Waals surface area contributed by atoms with Crippen LogP contribution in [0.1, 0.15) is 5.56 Å². The number of hydrogen-bond donors (Lipinski definition) is 1. The van der Waals surface area contributed by atoms with Gasteiger partial charge in [-0.15, -0.1) is 0 Å². The lowest BCUT2D eigenvalue weighted by molar-refractivity contribution is 0.432. The fraction of sp³-hybridized carbons (Fsp3) is 0.417. The Kier molecular flexibility index (Phi) is 2.45. The molecule has 0 bridgehead atoms. The van der Waals surface area contributed by atoms with Gasteiger partial charge < -0.3 is 5.73 Å². The van der Waals surface area contributed by atoms with Crippen LogP contribution in [0, 0.1) is 23.2 Å². The number of nitrogens with two attached hydrogens (primary N) is 1. The first-order valence-corrected chi connectivity index (χ1v) is 7.24. The van der Waals surface area contributed by atoms with Gasteiger partial charge in [0.1, 0.15) is 0 Å². The summed E-state index contributed by atoms with van der Waals surface area (Å²) in [7, 11) is -3.42. The first-order valence-electron chi connectivity index (χ1n) is 5.80. The minimum atomic E-state index is -3.42. The first kappa shape index (κ1) is 11.7. The van der Waals surface area contributed by atoms with Gasteiger partial charge in [-0.25, -0.2) is 8.42 Å². The maximum Gasteiger partial charge on any atom is 0.243 e. The van der Waals surface area contributed by atoms with Crippen molar-refractivity contribution in [3.63, 3.8) is 0 Å². The number of hydrogen-bond acceptors (Lipinski definition) is 4. The second kappa shape index (κ2) is 3.79. The van der Waals surface area contributed by atoms with E-state index in [1.54, 1.807) is 0 Å². The Bertz CT molecular complexity index is 606. The molecule has 1 saturated carbocycles. The molecule has 2 unspecified atom stereocenters. The van der Waals surface area contributed by atoms with Crippen molar-refractivity contribution in [2.75, 3.05) is 13.1 Å². The highest BCUT2D eigenvalue weighted by Crippen LogP contribution is 2.45. The minimum Gasteiger partial charge on any atom is -0.327 e. The standard InChI is InChI=1S/C12H13N3O2S/c13-5-8-1-3-9(4-2-8)18(16,17)15-6-10-11(7-15)12(10)14/h1-4,10-12H,6-7,14H2. The van der Waals surface area contributed by atoms with E-state index in [0.717, 1.165) is 0 Å². The third-order valence-corrected chi connectivity index (χ3v) is 5.69. The summed E-state index contributed by atoms with van der Waals surface area (Å²) in [4.78, 5) is 0.247. The third kappa shape index (κ3) is 1.63. The van der Waals surface area contributed by atoms with Crippen LogP contribution in [-0.4, -0.2) is 31.9 Å². The molecule has 2 atom stereocenters. The van der Waals surface area contributed by atoms with E-state index in [0.29, 0.717) is 30.5 Å². The Morgan fingerprint density at radius 1 is 1.22 bits per heavy atom. The number of piperidine rings is 1. The average Bonchev–Trinajstić information content (AvgIpc) is 2.82. The summed E-state index contributed by atoms with van der Waals surface area (Å²) in [6.07, 6.45) is 0. The lowest BCUT2D eigenvalue weighted by atomic mass is 10.2. The van der Waals surface area contributed by atoms with Crippen LogP contribution in [0.2, 0.25) is 0 Å². The largest absolute Gasteiger partial charge is 0.327 e. The average molecular weight is 263 g/mol. The number of benzene rings is 1. The summed E-state index contributed by atoms with van der Waals surface area (Å²) in [6, 6.07) is 8.16. The van der Waals surface area contributed by atoms with Crippen LogP contribution in [0.4, 0.5) is 0 Å². The molecule has 1 heterocycles. The normalized spacial score (nSPS) is 30.8. The van der Waals surface area contributed by atoms with Gasteiger partial charge in [0.15, 0.2) is 0 Å². The summed E-state index contributed by atoms with van der Waals surface area (Å²) in [6.45, 7) is 1.04. The molecular formula is C12H13N3O2S. The van der Waals surface area contributed by atoms with Gasteiger partial charge in [0.25, 0.3) is 0 Å². The second-order valence-corrected chi connectivity index (χ2v) is 6.80. The zero-order valence-corrected chi connectivity index (χ0v) is 10.5. The molecule has 0 spiro atoms. The summed E-state index contributed by atoms with van der Waals surface area (Å²) in [5, 5.41) is 8.69. The maximum atomic E-state index is 12.3. The van der Waals surface area contributed by atoms with Crippen molar-refractivity contribution in [3.8, 4) is 6.07 Å². The van der Waals surface area contributed by atoms with Gasteiger partial charge in [0.05, 0.1) is 16.5 Å². The van der Waals surface area contributed by atoms with Crippen LogP contribution >= 0.6 is 0 Å². The summed E-state index contributed by atoms with van der Waals surface area (Å²) in [5.41, 5.74) is 6.25. The molecule has 2 aliphatic rings. The molecule has 1 aromatic rings. The molecule has 1 saturated heterocycles. The zero-order chi connectivity index (χ0) is 12.9. The molecular weight excluding hydrogens is 250 g/mol. The number of nitriles is 1. The van der Waals surface area contributed by atoms with E-state index in [9.17, 15) is 8.42 Å². The maximum absolute atomic E-state index is 12.3. The lowest BCUT2D eigenvalue weighted by Crippen LogP contribution is -2.33. The second-order valence-electron chi connectivity index (χ2n) is 4.86. The highest BCUT2D eigenvalue weighted by Gasteiger charge is 2.56. The van der Waals surface area contributed by atoms with Crippen LogP contribution in [0.15, 0.2) is 29.2 Å². The number of sulfonamides is 1. The fourth-order valence-electron chi connectivity index (χ4n) is 2.58. The van der Waals surface area contributed by atoms with Crippen molar-refractivity contribution < 1.29 is 8.42 Å². The van der Waals surface area contributed by atoms with E-state index < -0.39 is 10.0 Å². The zero-order valence-electron chi connectivity index (χ0n) is 9.65. The van der Waals surface area contributed by atoms with E-state index in [1.807, 2.05) is 6.07 Å². The van der Waals surface area contributed by atoms with Gasteiger partial charge in [-0.3, -0.25) is 0 Å². The van der Waals surface area contributed by atoms with E-state index in [4.69, 9.17) is 11.0 Å². The third-order valence-electron chi connectivity index (χ3n) is 3.85. The van der Waals surface area contributed by atoms with Crippen molar-refractivity contribution in [1.29, 1.82) is 5.26 Å². The summed E-state index contributed by atoms with van der Waals surface area (Å²) < 4.78 is 26.1. The first-order chi connectivity index (χ1) is 8.54. The highest BCUT2D eigenvalue weighted by atomic mass is 32.2. The smallest absolute Gasteiger partial charge is 0.243 e. The minimum absolute atomic E-state index is 0.178. The molecule has 2 fully saturated rings. The van der Waals surface area contributed by atoms with Crippen LogP contribution in [0.25, 0.3) is 0 Å². The summed E-state index contributed by atoms with van der Waals surface area (Å²) >= 11 is 0. The molecule has 18 heavy (non-hydrogen) atoms. The van der Waals surface area contributed by atoms with E-state index in [1.165, 1.54) is 28.6 Å². The molecule has 1 aromatic carbocycles. The molecule has 1 aliphatic heterocycles. The lowest BCUT2D eigenvalue weighted by Gasteiger charge is -2.18. The van der Waals surface area contributed by atoms with Crippen LogP contribution < -0.4 is 5.73 Å². The Balaban J connectivity index is 1.84. The van der Waals surface area contributed by atoms with Gasteiger partial charge in [-0.1, -0.05) is 0 Å². The molecule has 0 aromatic heterocycles. The van der Waals surface area contributed by atoms with Crippen molar-refractivity contribution in [3.05, 3.63) is 29.8 Å². The van der Waals surface area contributed by atoms with Crippen molar-refractivity contribution >= 4 is 10.0 Å². The van der Waals surface area contributed by atoms with Crippen LogP contribution in [0.3, 0.4) is 0 Å². The van der Waals surface area contributed by atoms with Gasteiger partial charge in [0.2, 0.25) is 10.0 Å². The SMILES string of the molecule is N#Cc1ccc(S(=O)(=O)N2CC3C(N)C3C2)cc1. The number of nitrogens with zero attached hydrogens (tertiary/aromatic N) is 2. The van der Waals surface area contributed by atoms with E-state index in [-0.39, 0.29) is 10.9 Å². The molecule has 3 rings (SSSR count). The molecule has 0 amide bonds. The van der Waals surface area contributed by atoms with Crippen LogP contribution in [0.5, 0.6) is 0 Å². The predicted molar refractivity (Wildman–Crippen MR) is 64.9 cm³/mol. The van der Waals surface area contributed by atoms with Crippen molar-refractivity contribution in [2.24, 2.45) is 17.6 Å². The molecule has 2 N–H and O–H groups in total. The molecule has 0 radical (unpaired) electrons. The Hall–Kier alpha value is -1.42.